The molecule has 0 spiro atoms. The molecule has 2 heterocycles. The summed E-state index contributed by atoms with van der Waals surface area (Å²) in [7, 11) is 0. The number of carbonyl (C=O) groups is 2. The highest BCUT2D eigenvalue weighted by Gasteiger charge is 2.19. The molecular formula is C26H27FN6O2. The van der Waals surface area contributed by atoms with Crippen LogP contribution in [0, 0.1) is 19.7 Å². The van der Waals surface area contributed by atoms with Crippen LogP contribution in [0.3, 0.4) is 0 Å². The zero-order valence-corrected chi connectivity index (χ0v) is 19.7. The van der Waals surface area contributed by atoms with Gasteiger partial charge in [-0.05, 0) is 51.1 Å². The molecule has 8 nitrogen and oxygen atoms in total. The fourth-order valence-corrected chi connectivity index (χ4v) is 3.44. The molecule has 3 amide bonds. The lowest BCUT2D eigenvalue weighted by Gasteiger charge is -2.11. The summed E-state index contributed by atoms with van der Waals surface area (Å²) in [5.41, 5.74) is 9.36. The summed E-state index contributed by atoms with van der Waals surface area (Å²) in [5, 5.41) is 9.96. The molecule has 2 aromatic heterocycles. The summed E-state index contributed by atoms with van der Waals surface area (Å²) in [5.74, 6) is -0.519. The SMILES string of the molecule is CCn1cc(-c2cccc(NC(=O)Nc3ccc(C)cc3)c2F)c(-c2ccnc(C)c2)n1.NC=O. The third kappa shape index (κ3) is 6.29. The number of nitrogens with two attached hydrogens (primary N) is 1. The summed E-state index contributed by atoms with van der Waals surface area (Å²) in [4.78, 5) is 25.2. The van der Waals surface area contributed by atoms with Crippen molar-refractivity contribution in [2.24, 2.45) is 5.73 Å². The molecule has 0 atom stereocenters. The van der Waals surface area contributed by atoms with Gasteiger partial charge < -0.3 is 16.4 Å². The van der Waals surface area contributed by atoms with Gasteiger partial charge in [0.05, 0.1) is 5.69 Å². The number of anilines is 2. The van der Waals surface area contributed by atoms with Crippen molar-refractivity contribution in [1.29, 1.82) is 0 Å². The highest BCUT2D eigenvalue weighted by Crippen LogP contribution is 2.35. The Morgan fingerprint density at radius 3 is 2.46 bits per heavy atom. The van der Waals surface area contributed by atoms with Crippen LogP contribution in [0.2, 0.25) is 0 Å². The Kier molecular flexibility index (Phi) is 8.29. The fraction of sp³-hybridized carbons (Fsp3) is 0.154. The van der Waals surface area contributed by atoms with Crippen LogP contribution in [0.25, 0.3) is 22.4 Å². The van der Waals surface area contributed by atoms with E-state index in [1.807, 2.05) is 51.2 Å². The van der Waals surface area contributed by atoms with Gasteiger partial charge >= 0.3 is 6.03 Å². The Labute approximate surface area is 203 Å². The van der Waals surface area contributed by atoms with Gasteiger partial charge in [-0.2, -0.15) is 5.10 Å². The Hall–Kier alpha value is -4.53. The summed E-state index contributed by atoms with van der Waals surface area (Å²) < 4.78 is 17.3. The molecule has 35 heavy (non-hydrogen) atoms. The number of aromatic nitrogens is 3. The number of hydrogen-bond donors (Lipinski definition) is 3. The first kappa shape index (κ1) is 25.1. The van der Waals surface area contributed by atoms with Crippen LogP contribution in [-0.2, 0) is 11.3 Å². The second kappa shape index (κ2) is 11.6. The fourth-order valence-electron chi connectivity index (χ4n) is 3.44. The van der Waals surface area contributed by atoms with Gasteiger partial charge in [0.1, 0.15) is 5.69 Å². The quantitative estimate of drug-likeness (QED) is 0.348. The predicted molar refractivity (Wildman–Crippen MR) is 135 cm³/mol. The first-order valence-corrected chi connectivity index (χ1v) is 11.0. The van der Waals surface area contributed by atoms with Crippen molar-refractivity contribution >= 4 is 23.8 Å². The third-order valence-corrected chi connectivity index (χ3v) is 5.10. The van der Waals surface area contributed by atoms with Gasteiger partial charge in [0.2, 0.25) is 6.41 Å². The van der Waals surface area contributed by atoms with Crippen LogP contribution in [0.1, 0.15) is 18.2 Å². The van der Waals surface area contributed by atoms with E-state index in [2.05, 4.69) is 26.4 Å². The molecule has 4 aromatic rings. The van der Waals surface area contributed by atoms with Crippen molar-refractivity contribution < 1.29 is 14.0 Å². The number of aryl methyl sites for hydroxylation is 3. The van der Waals surface area contributed by atoms with Gasteiger partial charge in [-0.25, -0.2) is 9.18 Å². The topological polar surface area (TPSA) is 115 Å². The van der Waals surface area contributed by atoms with E-state index >= 15 is 4.39 Å². The van der Waals surface area contributed by atoms with Gasteiger partial charge in [0.25, 0.3) is 0 Å². The number of nitrogens with one attached hydrogen (secondary N) is 2. The number of rotatable bonds is 5. The van der Waals surface area contributed by atoms with Gasteiger partial charge in [0, 0.05) is 47.0 Å². The van der Waals surface area contributed by atoms with Crippen molar-refractivity contribution in [2.45, 2.75) is 27.3 Å². The minimum absolute atomic E-state index is 0.0909. The van der Waals surface area contributed by atoms with E-state index in [9.17, 15) is 4.79 Å². The lowest BCUT2D eigenvalue weighted by atomic mass is 10.0. The second-order valence-corrected chi connectivity index (χ2v) is 7.68. The first-order valence-electron chi connectivity index (χ1n) is 11.0. The van der Waals surface area contributed by atoms with E-state index in [1.165, 1.54) is 6.07 Å². The maximum atomic E-state index is 15.5. The molecule has 0 bridgehead atoms. The molecule has 0 saturated heterocycles. The molecule has 0 fully saturated rings. The monoisotopic (exact) mass is 474 g/mol. The van der Waals surface area contributed by atoms with Crippen molar-refractivity contribution in [3.05, 3.63) is 84.1 Å². The molecule has 0 aliphatic heterocycles. The van der Waals surface area contributed by atoms with E-state index < -0.39 is 11.8 Å². The number of amides is 3. The van der Waals surface area contributed by atoms with E-state index in [0.29, 0.717) is 29.1 Å². The second-order valence-electron chi connectivity index (χ2n) is 7.68. The van der Waals surface area contributed by atoms with Gasteiger partial charge in [-0.3, -0.25) is 14.5 Å². The maximum Gasteiger partial charge on any atom is 0.323 e. The zero-order chi connectivity index (χ0) is 25.4. The summed E-state index contributed by atoms with van der Waals surface area (Å²) in [6, 6.07) is 15.6. The molecule has 0 aliphatic carbocycles. The van der Waals surface area contributed by atoms with E-state index in [-0.39, 0.29) is 12.1 Å². The highest BCUT2D eigenvalue weighted by atomic mass is 19.1. The average Bonchev–Trinajstić information content (AvgIpc) is 3.27. The molecule has 4 rings (SSSR count). The van der Waals surface area contributed by atoms with Crippen LogP contribution in [0.15, 0.2) is 67.0 Å². The minimum Gasteiger partial charge on any atom is -0.372 e. The lowest BCUT2D eigenvalue weighted by Crippen LogP contribution is -2.20. The standard InChI is InChI=1S/C25H24FN5O.CH3NO/c1-4-31-15-21(24(30-31)18-12-13-27-17(3)14-18)20-6-5-7-22(23(20)26)29-25(32)28-19-10-8-16(2)9-11-19;2-1-3/h5-15H,4H2,1-3H3,(H2,28,29,32);1H,(H2,2,3). The Bertz CT molecular complexity index is 1320. The first-order chi connectivity index (χ1) is 16.9. The van der Waals surface area contributed by atoms with Crippen LogP contribution >= 0.6 is 0 Å². The van der Waals surface area contributed by atoms with Gasteiger partial charge in [-0.1, -0.05) is 29.8 Å². The van der Waals surface area contributed by atoms with Gasteiger partial charge in [-0.15, -0.1) is 0 Å². The van der Waals surface area contributed by atoms with Crippen LogP contribution in [0.4, 0.5) is 20.6 Å². The normalized spacial score (nSPS) is 10.2. The van der Waals surface area contributed by atoms with Crippen LogP contribution < -0.4 is 16.4 Å². The van der Waals surface area contributed by atoms with E-state index in [0.717, 1.165) is 16.8 Å². The number of benzene rings is 2. The van der Waals surface area contributed by atoms with Crippen molar-refractivity contribution in [1.82, 2.24) is 14.8 Å². The van der Waals surface area contributed by atoms with Gasteiger partial charge in [0.15, 0.2) is 5.82 Å². The Balaban J connectivity index is 0.00000108. The third-order valence-electron chi connectivity index (χ3n) is 5.10. The van der Waals surface area contributed by atoms with Crippen molar-refractivity contribution in [3.8, 4) is 22.4 Å². The number of halogens is 1. The number of carbonyl (C=O) groups excluding carboxylic acids is 2. The van der Waals surface area contributed by atoms with Crippen molar-refractivity contribution in [3.63, 3.8) is 0 Å². The number of nitrogens with zero attached hydrogens (tertiary/aromatic N) is 3. The number of hydrogen-bond acceptors (Lipinski definition) is 4. The predicted octanol–water partition coefficient (Wildman–Crippen LogP) is 5.13. The molecule has 180 valence electrons. The molecule has 0 saturated carbocycles. The van der Waals surface area contributed by atoms with E-state index in [1.54, 1.807) is 35.1 Å². The molecule has 9 heteroatoms. The maximum absolute atomic E-state index is 15.5. The van der Waals surface area contributed by atoms with Crippen LogP contribution in [0.5, 0.6) is 0 Å². The molecule has 0 unspecified atom stereocenters. The molecule has 0 radical (unpaired) electrons. The number of urea groups is 1. The zero-order valence-electron chi connectivity index (χ0n) is 19.7. The lowest BCUT2D eigenvalue weighted by molar-refractivity contribution is -0.106. The molecule has 0 aliphatic rings. The molecule has 2 aromatic carbocycles. The summed E-state index contributed by atoms with van der Waals surface area (Å²) in [6.45, 7) is 6.49. The molecule has 4 N–H and O–H groups in total. The van der Waals surface area contributed by atoms with Crippen molar-refractivity contribution in [2.75, 3.05) is 10.6 Å². The average molecular weight is 475 g/mol. The smallest absolute Gasteiger partial charge is 0.323 e. The summed E-state index contributed by atoms with van der Waals surface area (Å²) in [6.07, 6.45) is 3.78. The Morgan fingerprint density at radius 1 is 1.09 bits per heavy atom. The molecular weight excluding hydrogens is 447 g/mol. The van der Waals surface area contributed by atoms with Crippen LogP contribution in [-0.4, -0.2) is 27.2 Å². The number of pyridine rings is 1. The summed E-state index contributed by atoms with van der Waals surface area (Å²) >= 11 is 0. The number of primary amides is 1. The minimum atomic E-state index is -0.519. The Morgan fingerprint density at radius 2 is 1.80 bits per heavy atom. The largest absolute Gasteiger partial charge is 0.372 e. The highest BCUT2D eigenvalue weighted by molar-refractivity contribution is 6.00. The van der Waals surface area contributed by atoms with E-state index in [4.69, 9.17) is 4.79 Å².